The Hall–Kier alpha value is -0.700. The van der Waals surface area contributed by atoms with E-state index >= 15 is 0 Å². The maximum Gasteiger partial charge on any atom is 0.147 e. The topological polar surface area (TPSA) is 9.23 Å². The Morgan fingerprint density at radius 2 is 1.83 bits per heavy atom. The van der Waals surface area contributed by atoms with E-state index in [2.05, 4.69) is 22.0 Å². The molecule has 0 aliphatic carbocycles. The summed E-state index contributed by atoms with van der Waals surface area (Å²) in [4.78, 5) is 0. The second-order valence-corrected chi connectivity index (χ2v) is 5.33. The zero-order valence-electron chi connectivity index (χ0n) is 9.71. The van der Waals surface area contributed by atoms with Crippen molar-refractivity contribution in [1.29, 1.82) is 0 Å². The number of rotatable bonds is 3. The first-order chi connectivity index (χ1) is 8.60. The number of hydrogen-bond acceptors (Lipinski definition) is 1. The largest absolute Gasteiger partial charge is 0.455 e. The molecule has 0 bridgehead atoms. The highest BCUT2D eigenvalue weighted by molar-refractivity contribution is 9.08. The normalized spacial score (nSPS) is 10.4. The van der Waals surface area contributed by atoms with Crippen LogP contribution in [0.4, 0.5) is 0 Å². The standard InChI is InChI=1S/C14H11BrCl2O/c1-9-2-5-13(10(6-9)8-15)18-14-7-11(16)3-4-12(14)17/h2-7H,8H2,1H3. The third-order valence-electron chi connectivity index (χ3n) is 2.47. The second-order valence-electron chi connectivity index (χ2n) is 3.92. The number of aryl methyl sites for hydroxylation is 1. The molecule has 0 amide bonds. The molecule has 0 unspecified atom stereocenters. The molecule has 18 heavy (non-hydrogen) atoms. The molecule has 0 radical (unpaired) electrons. The SMILES string of the molecule is Cc1ccc(Oc2cc(Cl)ccc2Cl)c(CBr)c1. The van der Waals surface area contributed by atoms with Gasteiger partial charge in [-0.1, -0.05) is 56.8 Å². The van der Waals surface area contributed by atoms with E-state index in [0.717, 1.165) is 16.6 Å². The van der Waals surface area contributed by atoms with Crippen molar-refractivity contribution in [2.24, 2.45) is 0 Å². The van der Waals surface area contributed by atoms with Gasteiger partial charge in [0.1, 0.15) is 11.5 Å². The summed E-state index contributed by atoms with van der Waals surface area (Å²) in [5.41, 5.74) is 2.26. The summed E-state index contributed by atoms with van der Waals surface area (Å²) in [6.45, 7) is 2.04. The molecule has 0 aromatic heterocycles. The minimum Gasteiger partial charge on any atom is -0.455 e. The predicted octanol–water partition coefficient (Wildman–Crippen LogP) is 5.99. The summed E-state index contributed by atoms with van der Waals surface area (Å²) in [7, 11) is 0. The summed E-state index contributed by atoms with van der Waals surface area (Å²) in [6, 6.07) is 11.2. The van der Waals surface area contributed by atoms with Gasteiger partial charge in [-0.15, -0.1) is 0 Å². The summed E-state index contributed by atoms with van der Waals surface area (Å²) >= 11 is 15.5. The first-order valence-corrected chi connectivity index (χ1v) is 7.26. The van der Waals surface area contributed by atoms with Crippen LogP contribution in [0.25, 0.3) is 0 Å². The number of hydrogen-bond donors (Lipinski definition) is 0. The molecule has 0 aliphatic heterocycles. The Kier molecular flexibility index (Phi) is 4.55. The molecule has 4 heteroatoms. The Balaban J connectivity index is 2.36. The van der Waals surface area contributed by atoms with Gasteiger partial charge in [0.2, 0.25) is 0 Å². The summed E-state index contributed by atoms with van der Waals surface area (Å²) < 4.78 is 5.82. The van der Waals surface area contributed by atoms with Gasteiger partial charge in [-0.05, 0) is 25.1 Å². The fraction of sp³-hybridized carbons (Fsp3) is 0.143. The van der Waals surface area contributed by atoms with Gasteiger partial charge in [-0.2, -0.15) is 0 Å². The number of benzene rings is 2. The van der Waals surface area contributed by atoms with E-state index < -0.39 is 0 Å². The van der Waals surface area contributed by atoms with Gasteiger partial charge < -0.3 is 4.74 Å². The van der Waals surface area contributed by atoms with Crippen LogP contribution in [-0.4, -0.2) is 0 Å². The van der Waals surface area contributed by atoms with Crippen molar-refractivity contribution in [3.05, 3.63) is 57.6 Å². The Morgan fingerprint density at radius 1 is 1.06 bits per heavy atom. The van der Waals surface area contributed by atoms with Crippen molar-refractivity contribution in [1.82, 2.24) is 0 Å². The fourth-order valence-electron chi connectivity index (χ4n) is 1.59. The van der Waals surface area contributed by atoms with Crippen LogP contribution in [0.15, 0.2) is 36.4 Å². The van der Waals surface area contributed by atoms with Gasteiger partial charge in [0.05, 0.1) is 5.02 Å². The molecule has 2 rings (SSSR count). The fourth-order valence-corrected chi connectivity index (χ4v) is 2.34. The van der Waals surface area contributed by atoms with Crippen LogP contribution >= 0.6 is 39.1 Å². The van der Waals surface area contributed by atoms with E-state index in [4.69, 9.17) is 27.9 Å². The smallest absolute Gasteiger partial charge is 0.147 e. The number of alkyl halides is 1. The number of ether oxygens (including phenoxy) is 1. The highest BCUT2D eigenvalue weighted by atomic mass is 79.9. The van der Waals surface area contributed by atoms with Crippen molar-refractivity contribution in [3.8, 4) is 11.5 Å². The average molecular weight is 346 g/mol. The van der Waals surface area contributed by atoms with Gasteiger partial charge in [-0.25, -0.2) is 0 Å². The lowest BCUT2D eigenvalue weighted by atomic mass is 10.1. The van der Waals surface area contributed by atoms with Crippen LogP contribution in [0, 0.1) is 6.92 Å². The van der Waals surface area contributed by atoms with E-state index in [1.807, 2.05) is 19.1 Å². The lowest BCUT2D eigenvalue weighted by molar-refractivity contribution is 0.479. The average Bonchev–Trinajstić information content (AvgIpc) is 2.36. The minimum absolute atomic E-state index is 0.542. The molecule has 0 heterocycles. The summed E-state index contributed by atoms with van der Waals surface area (Å²) in [5, 5.41) is 1.87. The van der Waals surface area contributed by atoms with E-state index in [9.17, 15) is 0 Å². The van der Waals surface area contributed by atoms with Gasteiger partial charge in [-0.3, -0.25) is 0 Å². The van der Waals surface area contributed by atoms with Crippen LogP contribution in [0.1, 0.15) is 11.1 Å². The van der Waals surface area contributed by atoms with Crippen LogP contribution in [0.2, 0.25) is 10.0 Å². The van der Waals surface area contributed by atoms with Crippen LogP contribution in [0.3, 0.4) is 0 Å². The van der Waals surface area contributed by atoms with Crippen LogP contribution in [-0.2, 0) is 5.33 Å². The minimum atomic E-state index is 0.542. The van der Waals surface area contributed by atoms with E-state index in [1.54, 1.807) is 18.2 Å². The van der Waals surface area contributed by atoms with Crippen LogP contribution < -0.4 is 4.74 Å². The molecule has 0 saturated heterocycles. The molecule has 0 fully saturated rings. The molecular formula is C14H11BrCl2O. The van der Waals surface area contributed by atoms with Crippen molar-refractivity contribution >= 4 is 39.1 Å². The van der Waals surface area contributed by atoms with E-state index in [0.29, 0.717) is 15.8 Å². The molecule has 0 atom stereocenters. The second kappa shape index (κ2) is 5.96. The third kappa shape index (κ3) is 3.19. The Bertz CT molecular complexity index is 570. The van der Waals surface area contributed by atoms with Gasteiger partial charge in [0, 0.05) is 22.0 Å². The lowest BCUT2D eigenvalue weighted by Crippen LogP contribution is -1.91. The zero-order valence-corrected chi connectivity index (χ0v) is 12.8. The molecule has 0 N–H and O–H groups in total. The van der Waals surface area contributed by atoms with Gasteiger partial charge in [0.15, 0.2) is 0 Å². The molecule has 2 aromatic carbocycles. The number of halogens is 3. The summed E-state index contributed by atoms with van der Waals surface area (Å²) in [5.74, 6) is 1.34. The third-order valence-corrected chi connectivity index (χ3v) is 3.62. The Labute approximate surface area is 125 Å². The molecule has 2 aromatic rings. The highest BCUT2D eigenvalue weighted by Crippen LogP contribution is 2.34. The highest BCUT2D eigenvalue weighted by Gasteiger charge is 2.08. The monoisotopic (exact) mass is 344 g/mol. The maximum absolute atomic E-state index is 6.08. The molecule has 1 nitrogen and oxygen atoms in total. The Morgan fingerprint density at radius 3 is 2.56 bits per heavy atom. The molecule has 0 aliphatic rings. The molecular weight excluding hydrogens is 335 g/mol. The van der Waals surface area contributed by atoms with Crippen molar-refractivity contribution in [3.63, 3.8) is 0 Å². The predicted molar refractivity (Wildman–Crippen MR) is 80.3 cm³/mol. The van der Waals surface area contributed by atoms with Gasteiger partial charge >= 0.3 is 0 Å². The van der Waals surface area contributed by atoms with Gasteiger partial charge in [0.25, 0.3) is 0 Å². The van der Waals surface area contributed by atoms with E-state index in [1.165, 1.54) is 5.56 Å². The summed E-state index contributed by atoms with van der Waals surface area (Å²) in [6.07, 6.45) is 0. The van der Waals surface area contributed by atoms with E-state index in [-0.39, 0.29) is 0 Å². The zero-order chi connectivity index (χ0) is 13.1. The quantitative estimate of drug-likeness (QED) is 0.621. The first kappa shape index (κ1) is 13.7. The first-order valence-electron chi connectivity index (χ1n) is 5.38. The molecule has 0 spiro atoms. The van der Waals surface area contributed by atoms with Crippen LogP contribution in [0.5, 0.6) is 11.5 Å². The maximum atomic E-state index is 6.08. The lowest BCUT2D eigenvalue weighted by Gasteiger charge is -2.12. The van der Waals surface area contributed by atoms with Crippen molar-refractivity contribution in [2.75, 3.05) is 0 Å². The molecule has 94 valence electrons. The molecule has 0 saturated carbocycles. The van der Waals surface area contributed by atoms with Crippen molar-refractivity contribution < 1.29 is 4.74 Å². The van der Waals surface area contributed by atoms with Crippen molar-refractivity contribution in [2.45, 2.75) is 12.3 Å².